The molecule has 0 aliphatic rings. The first-order valence-electron chi connectivity index (χ1n) is 5.51. The quantitative estimate of drug-likeness (QED) is 0.645. The van der Waals surface area contributed by atoms with Crippen LogP contribution in [0.15, 0.2) is 18.2 Å². The molecule has 1 aromatic rings. The van der Waals surface area contributed by atoms with Crippen molar-refractivity contribution in [3.05, 3.63) is 35.4 Å². The molecule has 0 unspecified atom stereocenters. The summed E-state index contributed by atoms with van der Waals surface area (Å²) in [5, 5.41) is 1.50. The summed E-state index contributed by atoms with van der Waals surface area (Å²) in [5.41, 5.74) is 0.340. The summed E-state index contributed by atoms with van der Waals surface area (Å²) in [7, 11) is 0. The standard InChI is InChI=1S/C13H16Br2F2/c1-9(2)13(7-14,8-15)6-10-5-11(16)3-4-12(10)17/h3-5,9H,6-8H2,1-2H3. The molecule has 96 valence electrons. The second kappa shape index (κ2) is 6.28. The third-order valence-electron chi connectivity index (χ3n) is 3.31. The molecule has 0 N–H and O–H groups in total. The van der Waals surface area contributed by atoms with Crippen LogP contribution in [0.2, 0.25) is 0 Å². The summed E-state index contributed by atoms with van der Waals surface area (Å²) in [4.78, 5) is 0. The maximum atomic E-state index is 13.6. The van der Waals surface area contributed by atoms with E-state index in [1.807, 2.05) is 0 Å². The van der Waals surface area contributed by atoms with Crippen molar-refractivity contribution in [2.45, 2.75) is 20.3 Å². The van der Waals surface area contributed by atoms with Crippen molar-refractivity contribution in [1.29, 1.82) is 0 Å². The minimum absolute atomic E-state index is 0.103. The van der Waals surface area contributed by atoms with Crippen molar-refractivity contribution < 1.29 is 8.78 Å². The van der Waals surface area contributed by atoms with Crippen molar-refractivity contribution in [2.75, 3.05) is 10.7 Å². The molecule has 0 bridgehead atoms. The molecule has 0 heterocycles. The van der Waals surface area contributed by atoms with Crippen LogP contribution in [-0.4, -0.2) is 10.7 Å². The zero-order valence-corrected chi connectivity index (χ0v) is 13.1. The van der Waals surface area contributed by atoms with Crippen LogP contribution in [-0.2, 0) is 6.42 Å². The highest BCUT2D eigenvalue weighted by Gasteiger charge is 2.32. The van der Waals surface area contributed by atoms with Gasteiger partial charge in [-0.25, -0.2) is 8.78 Å². The Hall–Kier alpha value is 0.0400. The summed E-state index contributed by atoms with van der Waals surface area (Å²) in [5.74, 6) is -0.356. The number of halogens is 4. The lowest BCUT2D eigenvalue weighted by Crippen LogP contribution is -2.34. The molecule has 0 radical (unpaired) electrons. The van der Waals surface area contributed by atoms with Gasteiger partial charge in [-0.05, 0) is 41.5 Å². The number of hydrogen-bond donors (Lipinski definition) is 0. The Bertz CT molecular complexity index is 374. The topological polar surface area (TPSA) is 0 Å². The number of rotatable bonds is 5. The van der Waals surface area contributed by atoms with Gasteiger partial charge in [0.2, 0.25) is 0 Å². The zero-order chi connectivity index (χ0) is 13.1. The van der Waals surface area contributed by atoms with Crippen LogP contribution in [0.5, 0.6) is 0 Å². The zero-order valence-electron chi connectivity index (χ0n) is 9.94. The highest BCUT2D eigenvalue weighted by Crippen LogP contribution is 2.36. The Morgan fingerprint density at radius 3 is 2.24 bits per heavy atom. The van der Waals surface area contributed by atoms with Crippen LogP contribution >= 0.6 is 31.9 Å². The smallest absolute Gasteiger partial charge is 0.126 e. The minimum atomic E-state index is -0.386. The van der Waals surface area contributed by atoms with Gasteiger partial charge in [-0.1, -0.05) is 45.7 Å². The predicted octanol–water partition coefficient (Wildman–Crippen LogP) is 4.94. The van der Waals surface area contributed by atoms with Gasteiger partial charge in [0.25, 0.3) is 0 Å². The Morgan fingerprint density at radius 1 is 1.18 bits per heavy atom. The summed E-state index contributed by atoms with van der Waals surface area (Å²) in [6, 6.07) is 3.63. The van der Waals surface area contributed by atoms with E-state index in [1.54, 1.807) is 0 Å². The molecule has 0 aliphatic carbocycles. The molecule has 0 saturated heterocycles. The Balaban J connectivity index is 3.05. The maximum absolute atomic E-state index is 13.6. The fourth-order valence-corrected chi connectivity index (χ4v) is 4.32. The van der Waals surface area contributed by atoms with E-state index in [1.165, 1.54) is 12.1 Å². The molecule has 1 rings (SSSR count). The van der Waals surface area contributed by atoms with Crippen molar-refractivity contribution in [3.63, 3.8) is 0 Å². The highest BCUT2D eigenvalue weighted by molar-refractivity contribution is 9.09. The molecule has 4 heteroatoms. The van der Waals surface area contributed by atoms with E-state index in [0.717, 1.165) is 16.7 Å². The van der Waals surface area contributed by atoms with Crippen LogP contribution < -0.4 is 0 Å². The number of hydrogen-bond acceptors (Lipinski definition) is 0. The van der Waals surface area contributed by atoms with Gasteiger partial charge in [-0.15, -0.1) is 0 Å². The summed E-state index contributed by atoms with van der Waals surface area (Å²) in [6.07, 6.45) is 0.519. The fraction of sp³-hybridized carbons (Fsp3) is 0.538. The normalized spacial score (nSPS) is 12.2. The molecule has 0 fully saturated rings. The van der Waals surface area contributed by atoms with Crippen molar-refractivity contribution in [3.8, 4) is 0 Å². The first kappa shape index (κ1) is 15.1. The number of alkyl halides is 2. The van der Waals surface area contributed by atoms with Crippen LogP contribution in [0.1, 0.15) is 19.4 Å². The molecule has 17 heavy (non-hydrogen) atoms. The molecular weight excluding hydrogens is 354 g/mol. The molecule has 0 saturated carbocycles. The van der Waals surface area contributed by atoms with Gasteiger partial charge in [0.15, 0.2) is 0 Å². The largest absolute Gasteiger partial charge is 0.207 e. The molecule has 0 nitrogen and oxygen atoms in total. The summed E-state index contributed by atoms with van der Waals surface area (Å²) >= 11 is 6.98. The Morgan fingerprint density at radius 2 is 1.76 bits per heavy atom. The minimum Gasteiger partial charge on any atom is -0.207 e. The molecule has 0 aliphatic heterocycles. The van der Waals surface area contributed by atoms with Gasteiger partial charge in [0.05, 0.1) is 0 Å². The van der Waals surface area contributed by atoms with E-state index in [-0.39, 0.29) is 17.0 Å². The summed E-state index contributed by atoms with van der Waals surface area (Å²) < 4.78 is 26.8. The maximum Gasteiger partial charge on any atom is 0.126 e. The molecule has 0 aromatic heterocycles. The van der Waals surface area contributed by atoms with Crippen molar-refractivity contribution >= 4 is 31.9 Å². The van der Waals surface area contributed by atoms with Crippen molar-refractivity contribution in [1.82, 2.24) is 0 Å². The predicted molar refractivity (Wildman–Crippen MR) is 74.9 cm³/mol. The average Bonchev–Trinajstić information content (AvgIpc) is 2.30. The first-order chi connectivity index (χ1) is 7.95. The van der Waals surface area contributed by atoms with E-state index in [0.29, 0.717) is 17.9 Å². The monoisotopic (exact) mass is 368 g/mol. The van der Waals surface area contributed by atoms with E-state index in [4.69, 9.17) is 0 Å². The molecule has 0 spiro atoms. The lowest BCUT2D eigenvalue weighted by atomic mass is 9.76. The molecule has 1 aromatic carbocycles. The number of benzene rings is 1. The van der Waals surface area contributed by atoms with Crippen LogP contribution in [0, 0.1) is 23.0 Å². The van der Waals surface area contributed by atoms with Crippen LogP contribution in [0.3, 0.4) is 0 Å². The summed E-state index contributed by atoms with van der Waals surface area (Å²) in [6.45, 7) is 4.19. The molecule has 0 atom stereocenters. The SMILES string of the molecule is CC(C)C(CBr)(CBr)Cc1cc(F)ccc1F. The first-order valence-corrected chi connectivity index (χ1v) is 7.75. The van der Waals surface area contributed by atoms with Gasteiger partial charge in [0, 0.05) is 10.7 Å². The van der Waals surface area contributed by atoms with Crippen LogP contribution in [0.25, 0.3) is 0 Å². The lowest BCUT2D eigenvalue weighted by Gasteiger charge is -2.34. The average molecular weight is 370 g/mol. The highest BCUT2D eigenvalue weighted by atomic mass is 79.9. The van der Waals surface area contributed by atoms with E-state index in [2.05, 4.69) is 45.7 Å². The van der Waals surface area contributed by atoms with Gasteiger partial charge < -0.3 is 0 Å². The van der Waals surface area contributed by atoms with E-state index < -0.39 is 0 Å². The van der Waals surface area contributed by atoms with Gasteiger partial charge in [-0.3, -0.25) is 0 Å². The second-order valence-corrected chi connectivity index (χ2v) is 5.82. The van der Waals surface area contributed by atoms with E-state index >= 15 is 0 Å². The van der Waals surface area contributed by atoms with Gasteiger partial charge in [-0.2, -0.15) is 0 Å². The van der Waals surface area contributed by atoms with Crippen LogP contribution in [0.4, 0.5) is 8.78 Å². The second-order valence-electron chi connectivity index (χ2n) is 4.70. The third-order valence-corrected chi connectivity index (χ3v) is 5.54. The Kier molecular flexibility index (Phi) is 5.58. The van der Waals surface area contributed by atoms with Crippen molar-refractivity contribution in [2.24, 2.45) is 11.3 Å². The lowest BCUT2D eigenvalue weighted by molar-refractivity contribution is 0.264. The Labute approximate surface area is 118 Å². The van der Waals surface area contributed by atoms with E-state index in [9.17, 15) is 8.78 Å². The molecular formula is C13H16Br2F2. The van der Waals surface area contributed by atoms with Gasteiger partial charge in [0.1, 0.15) is 11.6 Å². The molecule has 0 amide bonds. The third kappa shape index (κ3) is 3.50. The van der Waals surface area contributed by atoms with Gasteiger partial charge >= 0.3 is 0 Å². The fourth-order valence-electron chi connectivity index (χ4n) is 1.70.